The number of benzene rings is 2. The van der Waals surface area contributed by atoms with Gasteiger partial charge in [-0.25, -0.2) is 0 Å². The minimum atomic E-state index is 0.0878. The molecule has 1 aliphatic heterocycles. The third kappa shape index (κ3) is 3.72. The summed E-state index contributed by atoms with van der Waals surface area (Å²) in [6.07, 6.45) is 8.52. The Kier molecular flexibility index (Phi) is 4.76. The van der Waals surface area contributed by atoms with Crippen LogP contribution in [0.4, 0.5) is 0 Å². The fraction of sp³-hybridized carbons (Fsp3) is 0.364. The summed E-state index contributed by atoms with van der Waals surface area (Å²) in [4.78, 5) is 2.54. The van der Waals surface area contributed by atoms with E-state index in [0.717, 1.165) is 6.42 Å². The van der Waals surface area contributed by atoms with Gasteiger partial charge in [-0.3, -0.25) is 0 Å². The van der Waals surface area contributed by atoms with Gasteiger partial charge in [-0.05, 0) is 54.0 Å². The predicted molar refractivity (Wildman–Crippen MR) is 104 cm³/mol. The first-order valence-electron chi connectivity index (χ1n) is 9.14. The second kappa shape index (κ2) is 7.17. The molecule has 0 saturated heterocycles. The maximum Gasteiger partial charge on any atom is 0.120 e. The zero-order chi connectivity index (χ0) is 17.1. The van der Waals surface area contributed by atoms with Crippen LogP contribution in [0.5, 0.6) is 0 Å². The van der Waals surface area contributed by atoms with E-state index < -0.39 is 0 Å². The molecule has 1 unspecified atom stereocenters. The lowest BCUT2D eigenvalue weighted by Gasteiger charge is -2.26. The highest BCUT2D eigenvalue weighted by molar-refractivity contribution is 7.99. The summed E-state index contributed by atoms with van der Waals surface area (Å²) in [5, 5.41) is 8.88. The van der Waals surface area contributed by atoms with E-state index in [1.165, 1.54) is 46.6 Å². The molecule has 25 heavy (non-hydrogen) atoms. The van der Waals surface area contributed by atoms with Crippen molar-refractivity contribution in [3.05, 3.63) is 71.9 Å². The average molecular weight is 349 g/mol. The SMILES string of the molecule is CC1(CC2=CN=NC2c2ccccc2Sc2ccccc2)CCCC1. The van der Waals surface area contributed by atoms with Crippen molar-refractivity contribution in [1.82, 2.24) is 0 Å². The number of hydrogen-bond donors (Lipinski definition) is 0. The molecule has 0 spiro atoms. The fourth-order valence-electron chi connectivity index (χ4n) is 4.04. The fourth-order valence-corrected chi connectivity index (χ4v) is 5.03. The zero-order valence-corrected chi connectivity index (χ0v) is 15.5. The number of hydrogen-bond acceptors (Lipinski definition) is 3. The Hall–Kier alpha value is -1.87. The van der Waals surface area contributed by atoms with Gasteiger partial charge in [-0.15, -0.1) is 0 Å². The summed E-state index contributed by atoms with van der Waals surface area (Å²) >= 11 is 1.82. The van der Waals surface area contributed by atoms with Gasteiger partial charge in [0, 0.05) is 9.79 Å². The van der Waals surface area contributed by atoms with Crippen molar-refractivity contribution in [2.24, 2.45) is 15.6 Å². The second-order valence-corrected chi connectivity index (χ2v) is 8.60. The zero-order valence-electron chi connectivity index (χ0n) is 14.7. The standard InChI is InChI=1S/C22H24N2S/c1-22(13-7-8-14-22)15-17-16-23-24-21(17)19-11-5-6-12-20(19)25-18-9-3-2-4-10-18/h2-6,9-12,16,21H,7-8,13-15H2,1H3. The van der Waals surface area contributed by atoms with E-state index >= 15 is 0 Å². The van der Waals surface area contributed by atoms with Crippen LogP contribution in [0.25, 0.3) is 0 Å². The van der Waals surface area contributed by atoms with Crippen LogP contribution in [0, 0.1) is 5.41 Å². The first kappa shape index (κ1) is 16.6. The van der Waals surface area contributed by atoms with Gasteiger partial charge in [0.2, 0.25) is 0 Å². The van der Waals surface area contributed by atoms with Crippen molar-refractivity contribution < 1.29 is 0 Å². The van der Waals surface area contributed by atoms with Crippen LogP contribution in [-0.4, -0.2) is 0 Å². The highest BCUT2D eigenvalue weighted by atomic mass is 32.2. The molecule has 128 valence electrons. The van der Waals surface area contributed by atoms with Crippen molar-refractivity contribution in [2.75, 3.05) is 0 Å². The van der Waals surface area contributed by atoms with E-state index in [9.17, 15) is 0 Å². The molecule has 3 heteroatoms. The minimum absolute atomic E-state index is 0.0878. The van der Waals surface area contributed by atoms with E-state index in [4.69, 9.17) is 0 Å². The Morgan fingerprint density at radius 1 is 1.00 bits per heavy atom. The van der Waals surface area contributed by atoms with Crippen molar-refractivity contribution >= 4 is 11.8 Å². The van der Waals surface area contributed by atoms with Gasteiger partial charge in [0.05, 0.1) is 6.20 Å². The Morgan fingerprint density at radius 3 is 2.52 bits per heavy atom. The molecule has 0 radical (unpaired) electrons. The first-order chi connectivity index (χ1) is 12.2. The highest BCUT2D eigenvalue weighted by Gasteiger charge is 2.33. The normalized spacial score (nSPS) is 21.5. The minimum Gasteiger partial charge on any atom is -0.176 e. The quantitative estimate of drug-likeness (QED) is 0.560. The Morgan fingerprint density at radius 2 is 1.72 bits per heavy atom. The van der Waals surface area contributed by atoms with E-state index in [2.05, 4.69) is 71.7 Å². The molecule has 4 rings (SSSR count). The van der Waals surface area contributed by atoms with Gasteiger partial charge < -0.3 is 0 Å². The Bertz CT molecular complexity index is 789. The lowest BCUT2D eigenvalue weighted by molar-refractivity contribution is 0.328. The topological polar surface area (TPSA) is 24.7 Å². The monoisotopic (exact) mass is 348 g/mol. The maximum atomic E-state index is 4.58. The van der Waals surface area contributed by atoms with Gasteiger partial charge in [0.25, 0.3) is 0 Å². The summed E-state index contributed by atoms with van der Waals surface area (Å²) < 4.78 is 0. The third-order valence-electron chi connectivity index (χ3n) is 5.38. The molecule has 1 fully saturated rings. The number of nitrogens with zero attached hydrogens (tertiary/aromatic N) is 2. The Labute approximate surface area is 154 Å². The van der Waals surface area contributed by atoms with Crippen molar-refractivity contribution in [3.63, 3.8) is 0 Å². The maximum absolute atomic E-state index is 4.58. The van der Waals surface area contributed by atoms with Crippen LogP contribution < -0.4 is 0 Å². The lowest BCUT2D eigenvalue weighted by atomic mass is 9.79. The van der Waals surface area contributed by atoms with Gasteiger partial charge in [0.15, 0.2) is 0 Å². The third-order valence-corrected chi connectivity index (χ3v) is 6.48. The molecular formula is C22H24N2S. The van der Waals surface area contributed by atoms with Gasteiger partial charge in [-0.2, -0.15) is 10.2 Å². The number of azo groups is 1. The molecule has 0 aromatic heterocycles. The van der Waals surface area contributed by atoms with Crippen LogP contribution >= 0.6 is 11.8 Å². The first-order valence-corrected chi connectivity index (χ1v) is 9.96. The summed E-state index contributed by atoms with van der Waals surface area (Å²) in [6, 6.07) is 19.3. The summed E-state index contributed by atoms with van der Waals surface area (Å²) in [7, 11) is 0. The van der Waals surface area contributed by atoms with E-state index in [1.807, 2.05) is 18.0 Å². The molecule has 2 aromatic rings. The second-order valence-electron chi connectivity index (χ2n) is 7.48. The smallest absolute Gasteiger partial charge is 0.120 e. The van der Waals surface area contributed by atoms with Crippen molar-refractivity contribution in [3.8, 4) is 0 Å². The van der Waals surface area contributed by atoms with Crippen LogP contribution in [0.1, 0.15) is 50.6 Å². The molecule has 1 saturated carbocycles. The molecule has 0 bridgehead atoms. The summed E-state index contributed by atoms with van der Waals surface area (Å²) in [5.41, 5.74) is 3.09. The summed E-state index contributed by atoms with van der Waals surface area (Å²) in [5.74, 6) is 0. The number of rotatable bonds is 5. The lowest BCUT2D eigenvalue weighted by Crippen LogP contribution is -2.14. The van der Waals surface area contributed by atoms with E-state index in [0.29, 0.717) is 5.41 Å². The molecule has 1 heterocycles. The average Bonchev–Trinajstić information content (AvgIpc) is 3.26. The van der Waals surface area contributed by atoms with Crippen LogP contribution in [-0.2, 0) is 0 Å². The molecule has 2 nitrogen and oxygen atoms in total. The molecule has 2 aliphatic rings. The largest absolute Gasteiger partial charge is 0.176 e. The Balaban J connectivity index is 1.59. The molecule has 1 atom stereocenters. The van der Waals surface area contributed by atoms with Gasteiger partial charge in [-0.1, -0.05) is 67.9 Å². The van der Waals surface area contributed by atoms with Crippen molar-refractivity contribution in [2.45, 2.75) is 54.9 Å². The molecular weight excluding hydrogens is 324 g/mol. The van der Waals surface area contributed by atoms with Crippen LogP contribution in [0.3, 0.4) is 0 Å². The van der Waals surface area contributed by atoms with Crippen LogP contribution in [0.2, 0.25) is 0 Å². The van der Waals surface area contributed by atoms with E-state index in [1.54, 1.807) is 0 Å². The molecule has 2 aromatic carbocycles. The molecule has 0 amide bonds. The predicted octanol–water partition coefficient (Wildman–Crippen LogP) is 7.20. The highest BCUT2D eigenvalue weighted by Crippen LogP contribution is 2.48. The van der Waals surface area contributed by atoms with Crippen LogP contribution in [0.15, 0.2) is 86.4 Å². The van der Waals surface area contributed by atoms with E-state index in [-0.39, 0.29) is 6.04 Å². The van der Waals surface area contributed by atoms with Gasteiger partial charge >= 0.3 is 0 Å². The summed E-state index contributed by atoms with van der Waals surface area (Å²) in [6.45, 7) is 2.43. The van der Waals surface area contributed by atoms with Gasteiger partial charge in [0.1, 0.15) is 6.04 Å². The molecule has 0 N–H and O–H groups in total. The van der Waals surface area contributed by atoms with Crippen molar-refractivity contribution in [1.29, 1.82) is 0 Å². The molecule has 1 aliphatic carbocycles.